The molecule has 0 spiro atoms. The molecule has 1 saturated heterocycles. The zero-order chi connectivity index (χ0) is 22.2. The fourth-order valence-corrected chi connectivity index (χ4v) is 4.81. The van der Waals surface area contributed by atoms with Gasteiger partial charge < -0.3 is 5.32 Å². The van der Waals surface area contributed by atoms with Crippen molar-refractivity contribution in [2.45, 2.75) is 50.1 Å². The first-order chi connectivity index (χ1) is 14.9. The molecular formula is C24H28Cl2N2O2S. The van der Waals surface area contributed by atoms with Crippen molar-refractivity contribution in [1.29, 1.82) is 0 Å². The van der Waals surface area contributed by atoms with Gasteiger partial charge in [0.25, 0.3) is 0 Å². The monoisotopic (exact) mass is 478 g/mol. The van der Waals surface area contributed by atoms with Crippen molar-refractivity contribution in [1.82, 2.24) is 10.2 Å². The third kappa shape index (κ3) is 7.83. The van der Waals surface area contributed by atoms with E-state index in [-0.39, 0.29) is 17.7 Å². The van der Waals surface area contributed by atoms with Crippen LogP contribution in [0.1, 0.15) is 48.5 Å². The number of carbonyl (C=O) groups excluding carboxylic acids is 2. The van der Waals surface area contributed by atoms with Gasteiger partial charge in [0.1, 0.15) is 0 Å². The van der Waals surface area contributed by atoms with E-state index in [0.717, 1.165) is 60.7 Å². The van der Waals surface area contributed by atoms with Crippen LogP contribution in [0, 0.1) is 0 Å². The highest BCUT2D eigenvalue weighted by atomic mass is 35.5. The van der Waals surface area contributed by atoms with Crippen molar-refractivity contribution >= 4 is 46.7 Å². The van der Waals surface area contributed by atoms with E-state index in [9.17, 15) is 9.59 Å². The summed E-state index contributed by atoms with van der Waals surface area (Å²) in [5.41, 5.74) is 1.89. The van der Waals surface area contributed by atoms with Gasteiger partial charge in [0.05, 0.1) is 10.0 Å². The second-order valence-electron chi connectivity index (χ2n) is 7.90. The molecule has 0 atom stereocenters. The number of amides is 1. The number of rotatable bonds is 9. The van der Waals surface area contributed by atoms with Crippen LogP contribution >= 0.6 is 35.0 Å². The van der Waals surface area contributed by atoms with Gasteiger partial charge in [-0.3, -0.25) is 14.5 Å². The van der Waals surface area contributed by atoms with E-state index in [1.54, 1.807) is 18.7 Å². The Hall–Kier alpha value is -1.53. The summed E-state index contributed by atoms with van der Waals surface area (Å²) in [4.78, 5) is 27.1. The van der Waals surface area contributed by atoms with E-state index in [4.69, 9.17) is 23.2 Å². The van der Waals surface area contributed by atoms with Crippen LogP contribution in [-0.4, -0.2) is 41.5 Å². The van der Waals surface area contributed by atoms with E-state index in [1.807, 2.05) is 42.5 Å². The Bertz CT molecular complexity index is 897. The molecule has 0 bridgehead atoms. The lowest BCUT2D eigenvalue weighted by atomic mass is 10.0. The summed E-state index contributed by atoms with van der Waals surface area (Å²) < 4.78 is 0. The molecule has 1 aliphatic rings. The molecular weight excluding hydrogens is 451 g/mol. The predicted molar refractivity (Wildman–Crippen MR) is 129 cm³/mol. The number of hydrogen-bond acceptors (Lipinski definition) is 4. The number of nitrogens with zero attached hydrogens (tertiary/aromatic N) is 1. The van der Waals surface area contributed by atoms with Gasteiger partial charge in [-0.15, -0.1) is 11.8 Å². The van der Waals surface area contributed by atoms with Gasteiger partial charge in [0, 0.05) is 42.6 Å². The molecule has 166 valence electrons. The summed E-state index contributed by atoms with van der Waals surface area (Å²) in [6.07, 6.45) is 3.30. The van der Waals surface area contributed by atoms with Gasteiger partial charge in [0.2, 0.25) is 5.91 Å². The number of likely N-dealkylation sites (tertiary alicyclic amines) is 1. The van der Waals surface area contributed by atoms with Crippen molar-refractivity contribution in [3.8, 4) is 0 Å². The van der Waals surface area contributed by atoms with Crippen LogP contribution in [-0.2, 0) is 11.3 Å². The first-order valence-corrected chi connectivity index (χ1v) is 12.3. The summed E-state index contributed by atoms with van der Waals surface area (Å²) in [5.74, 6) is 1.10. The van der Waals surface area contributed by atoms with Crippen molar-refractivity contribution in [2.24, 2.45) is 0 Å². The molecule has 4 nitrogen and oxygen atoms in total. The molecule has 1 amide bonds. The minimum Gasteiger partial charge on any atom is -0.353 e. The fourth-order valence-electron chi connectivity index (χ4n) is 3.64. The van der Waals surface area contributed by atoms with Gasteiger partial charge in [-0.25, -0.2) is 0 Å². The first-order valence-electron chi connectivity index (χ1n) is 10.6. The molecule has 2 aromatic carbocycles. The number of thioether (sulfide) groups is 1. The summed E-state index contributed by atoms with van der Waals surface area (Å²) in [6, 6.07) is 13.7. The van der Waals surface area contributed by atoms with Crippen LogP contribution in [0.25, 0.3) is 0 Å². The lowest BCUT2D eigenvalue weighted by Gasteiger charge is -2.32. The summed E-state index contributed by atoms with van der Waals surface area (Å²) in [6.45, 7) is 4.33. The summed E-state index contributed by atoms with van der Waals surface area (Å²) in [5, 5.41) is 4.36. The number of piperidine rings is 1. The Morgan fingerprint density at radius 3 is 2.42 bits per heavy atom. The molecule has 0 aliphatic carbocycles. The molecule has 31 heavy (non-hydrogen) atoms. The smallest absolute Gasteiger partial charge is 0.220 e. The van der Waals surface area contributed by atoms with E-state index in [2.05, 4.69) is 10.2 Å². The molecule has 1 fully saturated rings. The highest BCUT2D eigenvalue weighted by molar-refractivity contribution is 7.99. The van der Waals surface area contributed by atoms with Crippen molar-refractivity contribution in [3.05, 3.63) is 63.6 Å². The number of Topliss-reactive ketones (excluding diaryl/α,β-unsaturated/α-hetero) is 1. The van der Waals surface area contributed by atoms with Crippen LogP contribution in [0.5, 0.6) is 0 Å². The van der Waals surface area contributed by atoms with Gasteiger partial charge in [-0.2, -0.15) is 0 Å². The Morgan fingerprint density at radius 2 is 1.77 bits per heavy atom. The molecule has 1 N–H and O–H groups in total. The average Bonchev–Trinajstić information content (AvgIpc) is 2.75. The maximum absolute atomic E-state index is 12.3. The number of halogens is 2. The number of nitrogens with one attached hydrogen (secondary N) is 1. The SMILES string of the molecule is CC(=O)c1ccc(SCCCC(=O)NC2CCN(Cc3ccc(Cl)c(Cl)c3)CC2)cc1. The topological polar surface area (TPSA) is 49.4 Å². The van der Waals surface area contributed by atoms with Crippen molar-refractivity contribution in [3.63, 3.8) is 0 Å². The van der Waals surface area contributed by atoms with Crippen LogP contribution in [0.3, 0.4) is 0 Å². The molecule has 0 saturated carbocycles. The zero-order valence-corrected chi connectivity index (χ0v) is 20.0. The molecule has 1 heterocycles. The van der Waals surface area contributed by atoms with Crippen LogP contribution < -0.4 is 5.32 Å². The van der Waals surface area contributed by atoms with Gasteiger partial charge in [-0.05, 0) is 61.8 Å². The first kappa shape index (κ1) is 24.1. The van der Waals surface area contributed by atoms with Gasteiger partial charge in [0.15, 0.2) is 5.78 Å². The van der Waals surface area contributed by atoms with Crippen LogP contribution in [0.4, 0.5) is 0 Å². The maximum Gasteiger partial charge on any atom is 0.220 e. The van der Waals surface area contributed by atoms with Crippen LogP contribution in [0.15, 0.2) is 47.4 Å². The van der Waals surface area contributed by atoms with E-state index < -0.39 is 0 Å². The van der Waals surface area contributed by atoms with E-state index in [0.29, 0.717) is 16.5 Å². The number of carbonyl (C=O) groups is 2. The fraction of sp³-hybridized carbons (Fsp3) is 0.417. The van der Waals surface area contributed by atoms with E-state index in [1.165, 1.54) is 0 Å². The quantitative estimate of drug-likeness (QED) is 0.279. The molecule has 7 heteroatoms. The molecule has 0 unspecified atom stereocenters. The Labute approximate surface area is 198 Å². The zero-order valence-electron chi connectivity index (χ0n) is 17.7. The molecule has 3 rings (SSSR count). The highest BCUT2D eigenvalue weighted by Crippen LogP contribution is 2.24. The second-order valence-corrected chi connectivity index (χ2v) is 9.88. The predicted octanol–water partition coefficient (Wildman–Crippen LogP) is 5.85. The normalized spacial score (nSPS) is 15.1. The van der Waals surface area contributed by atoms with Crippen LogP contribution in [0.2, 0.25) is 10.0 Å². The lowest BCUT2D eigenvalue weighted by Crippen LogP contribution is -2.44. The third-order valence-corrected chi connectivity index (χ3v) is 7.26. The number of hydrogen-bond donors (Lipinski definition) is 1. The summed E-state index contributed by atoms with van der Waals surface area (Å²) in [7, 11) is 0. The van der Waals surface area contributed by atoms with Gasteiger partial charge in [-0.1, -0.05) is 41.4 Å². The highest BCUT2D eigenvalue weighted by Gasteiger charge is 2.20. The minimum atomic E-state index is 0.0773. The third-order valence-electron chi connectivity index (χ3n) is 5.42. The minimum absolute atomic E-state index is 0.0773. The van der Waals surface area contributed by atoms with Gasteiger partial charge >= 0.3 is 0 Å². The lowest BCUT2D eigenvalue weighted by molar-refractivity contribution is -0.122. The molecule has 0 aromatic heterocycles. The molecule has 0 radical (unpaired) electrons. The summed E-state index contributed by atoms with van der Waals surface area (Å²) >= 11 is 13.8. The molecule has 2 aromatic rings. The average molecular weight is 479 g/mol. The Balaban J connectivity index is 1.30. The largest absolute Gasteiger partial charge is 0.353 e. The van der Waals surface area contributed by atoms with E-state index >= 15 is 0 Å². The van der Waals surface area contributed by atoms with Crippen molar-refractivity contribution in [2.75, 3.05) is 18.8 Å². The van der Waals surface area contributed by atoms with Crippen molar-refractivity contribution < 1.29 is 9.59 Å². The molecule has 1 aliphatic heterocycles. The number of ketones is 1. The Kier molecular flexibility index (Phi) is 9.27. The maximum atomic E-state index is 12.3. The Morgan fingerprint density at radius 1 is 1.06 bits per heavy atom. The number of benzene rings is 2. The standard InChI is InChI=1S/C24H28Cl2N2O2S/c1-17(29)19-5-7-21(8-6-19)31-14-2-3-24(30)27-20-10-12-28(13-11-20)16-18-4-9-22(25)23(26)15-18/h4-9,15,20H,2-3,10-14,16H2,1H3,(H,27,30). The second kappa shape index (κ2) is 11.9.